The number of benzene rings is 1. The third kappa shape index (κ3) is 4.40. The summed E-state index contributed by atoms with van der Waals surface area (Å²) in [5.74, 6) is 0. The molecule has 0 fully saturated rings. The van der Waals surface area contributed by atoms with E-state index in [1.807, 2.05) is 0 Å². The smallest absolute Gasteiger partial charge is 0.324 e. The molecule has 18 heavy (non-hydrogen) atoms. The summed E-state index contributed by atoms with van der Waals surface area (Å²) >= 11 is 5.69. The van der Waals surface area contributed by atoms with Crippen molar-refractivity contribution in [2.75, 3.05) is 6.54 Å². The number of halogens is 1. The highest BCUT2D eigenvalue weighted by atomic mass is 35.5. The number of rotatable bonds is 6. The summed E-state index contributed by atoms with van der Waals surface area (Å²) in [6.45, 7) is -0.165. The van der Waals surface area contributed by atoms with Gasteiger partial charge in [0.25, 0.3) is 0 Å². The molecule has 100 valence electrons. The summed E-state index contributed by atoms with van der Waals surface area (Å²) in [5, 5.41) is 9.76. The van der Waals surface area contributed by atoms with Crippen LogP contribution in [0.3, 0.4) is 0 Å². The predicted molar refractivity (Wildman–Crippen MR) is 65.4 cm³/mol. The van der Waals surface area contributed by atoms with Crippen molar-refractivity contribution in [3.05, 3.63) is 34.9 Å². The van der Waals surface area contributed by atoms with Gasteiger partial charge in [-0.05, 0) is 24.1 Å². The van der Waals surface area contributed by atoms with Gasteiger partial charge >= 0.3 is 7.60 Å². The zero-order chi connectivity index (χ0) is 13.8. The van der Waals surface area contributed by atoms with E-state index < -0.39 is 13.3 Å². The van der Waals surface area contributed by atoms with E-state index >= 15 is 0 Å². The van der Waals surface area contributed by atoms with Gasteiger partial charge in [0, 0.05) is 11.6 Å². The fourth-order valence-electron chi connectivity index (χ4n) is 1.52. The Morgan fingerprint density at radius 3 is 2.33 bits per heavy atom. The third-order valence-electron chi connectivity index (χ3n) is 2.41. The van der Waals surface area contributed by atoms with Gasteiger partial charge in [-0.2, -0.15) is 0 Å². The Bertz CT molecular complexity index is 446. The van der Waals surface area contributed by atoms with Crippen molar-refractivity contribution in [1.82, 2.24) is 5.06 Å². The molecule has 0 aliphatic carbocycles. The third-order valence-corrected chi connectivity index (χ3v) is 4.03. The number of amides is 1. The lowest BCUT2D eigenvalue weighted by molar-refractivity contribution is -0.149. The molecular formula is C10H13ClNO5P. The van der Waals surface area contributed by atoms with Crippen LogP contribution in [0.5, 0.6) is 0 Å². The number of hydrogen-bond acceptors (Lipinski definition) is 3. The second kappa shape index (κ2) is 6.31. The van der Waals surface area contributed by atoms with Gasteiger partial charge in [0.15, 0.2) is 0 Å². The van der Waals surface area contributed by atoms with E-state index in [0.29, 0.717) is 15.6 Å². The summed E-state index contributed by atoms with van der Waals surface area (Å²) in [6.07, 6.45) is 0.125. The van der Waals surface area contributed by atoms with Crippen LogP contribution in [0.4, 0.5) is 0 Å². The van der Waals surface area contributed by atoms with Gasteiger partial charge in [0.2, 0.25) is 6.41 Å². The molecule has 0 saturated heterocycles. The van der Waals surface area contributed by atoms with Gasteiger partial charge in [0.1, 0.15) is 0 Å². The second-order valence-electron chi connectivity index (χ2n) is 3.71. The zero-order valence-corrected chi connectivity index (χ0v) is 11.0. The molecule has 1 rings (SSSR count). The van der Waals surface area contributed by atoms with Crippen LogP contribution in [-0.2, 0) is 9.36 Å². The molecule has 0 aliphatic heterocycles. The van der Waals surface area contributed by atoms with Gasteiger partial charge in [-0.25, -0.2) is 5.06 Å². The van der Waals surface area contributed by atoms with Gasteiger partial charge in [-0.3, -0.25) is 14.6 Å². The lowest BCUT2D eigenvalue weighted by Crippen LogP contribution is -2.20. The van der Waals surface area contributed by atoms with Crippen LogP contribution >= 0.6 is 19.2 Å². The summed E-state index contributed by atoms with van der Waals surface area (Å²) < 4.78 is 11.4. The average molecular weight is 294 g/mol. The van der Waals surface area contributed by atoms with Crippen LogP contribution in [0.2, 0.25) is 5.02 Å². The summed E-state index contributed by atoms with van der Waals surface area (Å²) in [7, 11) is -4.38. The molecule has 1 aromatic carbocycles. The molecule has 0 bridgehead atoms. The van der Waals surface area contributed by atoms with Gasteiger partial charge in [0.05, 0.1) is 5.66 Å². The molecule has 0 aliphatic rings. The Morgan fingerprint density at radius 2 is 1.89 bits per heavy atom. The molecule has 0 radical (unpaired) electrons. The molecule has 3 N–H and O–H groups in total. The van der Waals surface area contributed by atoms with E-state index in [1.165, 1.54) is 24.3 Å². The van der Waals surface area contributed by atoms with Crippen molar-refractivity contribution in [1.29, 1.82) is 0 Å². The first-order valence-corrected chi connectivity index (χ1v) is 7.12. The Kier molecular flexibility index (Phi) is 5.31. The van der Waals surface area contributed by atoms with Gasteiger partial charge < -0.3 is 9.79 Å². The molecule has 0 heterocycles. The standard InChI is InChI=1S/C10H13ClNO5P/c11-9-3-1-8(2-4-9)10(18(15,16)17)5-6-12(14)7-13/h1-4,7,10,14H,5-6H2,(H2,15,16,17). The summed E-state index contributed by atoms with van der Waals surface area (Å²) in [4.78, 5) is 28.8. The van der Waals surface area contributed by atoms with Crippen molar-refractivity contribution >= 4 is 25.6 Å². The SMILES string of the molecule is O=CN(O)CCC(c1ccc(Cl)cc1)P(=O)(O)O. The van der Waals surface area contributed by atoms with E-state index in [9.17, 15) is 19.1 Å². The highest BCUT2D eigenvalue weighted by molar-refractivity contribution is 7.52. The number of hydrogen-bond donors (Lipinski definition) is 3. The van der Waals surface area contributed by atoms with Crippen LogP contribution in [0.25, 0.3) is 0 Å². The minimum Gasteiger partial charge on any atom is -0.324 e. The normalized spacial score (nSPS) is 13.1. The van der Waals surface area contributed by atoms with E-state index in [-0.39, 0.29) is 19.4 Å². The van der Waals surface area contributed by atoms with Crippen LogP contribution in [0.1, 0.15) is 17.6 Å². The molecule has 8 heteroatoms. The Labute approximate surface area is 109 Å². The van der Waals surface area contributed by atoms with E-state index in [1.54, 1.807) is 0 Å². The molecule has 6 nitrogen and oxygen atoms in total. The maximum absolute atomic E-state index is 11.4. The first kappa shape index (κ1) is 15.1. The summed E-state index contributed by atoms with van der Waals surface area (Å²) in [6, 6.07) is 6.06. The van der Waals surface area contributed by atoms with E-state index in [2.05, 4.69) is 0 Å². The van der Waals surface area contributed by atoms with Crippen LogP contribution < -0.4 is 0 Å². The first-order chi connectivity index (χ1) is 8.34. The highest BCUT2D eigenvalue weighted by Gasteiger charge is 2.30. The molecule has 1 amide bonds. The lowest BCUT2D eigenvalue weighted by atomic mass is 10.1. The van der Waals surface area contributed by atoms with Crippen LogP contribution in [0.15, 0.2) is 24.3 Å². The van der Waals surface area contributed by atoms with Crippen molar-refractivity contribution in [3.8, 4) is 0 Å². The molecule has 0 spiro atoms. The van der Waals surface area contributed by atoms with Crippen molar-refractivity contribution in [2.45, 2.75) is 12.1 Å². The maximum atomic E-state index is 11.4. The van der Waals surface area contributed by atoms with E-state index in [0.717, 1.165) is 0 Å². The number of carbonyl (C=O) groups excluding carboxylic acids is 1. The quantitative estimate of drug-likeness (QED) is 0.321. The number of nitrogens with zero attached hydrogens (tertiary/aromatic N) is 1. The average Bonchev–Trinajstić information content (AvgIpc) is 2.29. The lowest BCUT2D eigenvalue weighted by Gasteiger charge is -2.20. The van der Waals surface area contributed by atoms with Gasteiger partial charge in [-0.15, -0.1) is 0 Å². The molecule has 1 unspecified atom stereocenters. The Hall–Kier alpha value is -0.910. The minimum absolute atomic E-state index is 0.0544. The second-order valence-corrected chi connectivity index (χ2v) is 5.95. The fourth-order valence-corrected chi connectivity index (χ4v) is 2.66. The molecule has 0 saturated carbocycles. The number of carbonyl (C=O) groups is 1. The fraction of sp³-hybridized carbons (Fsp3) is 0.300. The first-order valence-electron chi connectivity index (χ1n) is 5.06. The van der Waals surface area contributed by atoms with Crippen molar-refractivity contribution < 1.29 is 24.4 Å². The van der Waals surface area contributed by atoms with Crippen LogP contribution in [0, 0.1) is 0 Å². The predicted octanol–water partition coefficient (Wildman–Crippen LogP) is 1.80. The number of hydroxylamine groups is 2. The zero-order valence-electron chi connectivity index (χ0n) is 9.31. The summed E-state index contributed by atoms with van der Waals surface area (Å²) in [5.41, 5.74) is -0.670. The molecular weight excluding hydrogens is 281 g/mol. The van der Waals surface area contributed by atoms with Crippen molar-refractivity contribution in [2.24, 2.45) is 0 Å². The molecule has 1 atom stereocenters. The largest absolute Gasteiger partial charge is 0.333 e. The highest BCUT2D eigenvalue weighted by Crippen LogP contribution is 2.53. The molecule has 0 aromatic heterocycles. The maximum Gasteiger partial charge on any atom is 0.333 e. The molecule has 1 aromatic rings. The van der Waals surface area contributed by atoms with E-state index in [4.69, 9.17) is 16.8 Å². The Balaban J connectivity index is 2.89. The van der Waals surface area contributed by atoms with Gasteiger partial charge in [-0.1, -0.05) is 23.7 Å². The van der Waals surface area contributed by atoms with Crippen LogP contribution in [-0.4, -0.2) is 33.0 Å². The topological polar surface area (TPSA) is 98.1 Å². The van der Waals surface area contributed by atoms with Crippen molar-refractivity contribution in [3.63, 3.8) is 0 Å². The minimum atomic E-state index is -4.38. The monoisotopic (exact) mass is 293 g/mol. The Morgan fingerprint density at radius 1 is 1.33 bits per heavy atom.